The van der Waals surface area contributed by atoms with E-state index in [9.17, 15) is 0 Å². The number of hydrogen-bond acceptors (Lipinski definition) is 6. The van der Waals surface area contributed by atoms with E-state index < -0.39 is 0 Å². The van der Waals surface area contributed by atoms with Crippen LogP contribution in [0, 0.1) is 0 Å². The highest BCUT2D eigenvalue weighted by Gasteiger charge is 2.24. The van der Waals surface area contributed by atoms with Crippen LogP contribution in [0.25, 0.3) is 11.2 Å². The molecule has 0 bridgehead atoms. The Balaban J connectivity index is 1.84. The molecule has 0 aliphatic carbocycles. The maximum absolute atomic E-state index is 6.18. The summed E-state index contributed by atoms with van der Waals surface area (Å²) in [6.07, 6.45) is 3.31. The lowest BCUT2D eigenvalue weighted by atomic mass is 10.2. The number of hydrogen-bond donors (Lipinski definition) is 0. The average Bonchev–Trinajstić information content (AvgIpc) is 3.29. The van der Waals surface area contributed by atoms with Gasteiger partial charge in [-0.3, -0.25) is 4.90 Å². The molecular weight excluding hydrogens is 342 g/mol. The fraction of sp³-hybridized carbons (Fsp3) is 0.235. The summed E-state index contributed by atoms with van der Waals surface area (Å²) in [5.41, 5.74) is 2.45. The smallest absolute Gasteiger partial charge is 0.234 e. The lowest BCUT2D eigenvalue weighted by Crippen LogP contribution is -2.24. The van der Waals surface area contributed by atoms with Crippen LogP contribution in [-0.4, -0.2) is 26.3 Å². The Morgan fingerprint density at radius 1 is 1.24 bits per heavy atom. The first-order valence-corrected chi connectivity index (χ1v) is 8.28. The topological polar surface area (TPSA) is 65.3 Å². The molecule has 2 aromatic heterocycles. The number of anilines is 1. The van der Waals surface area contributed by atoms with E-state index in [0.29, 0.717) is 29.4 Å². The second-order valence-electron chi connectivity index (χ2n) is 5.48. The summed E-state index contributed by atoms with van der Waals surface area (Å²) in [5, 5.41) is 0.162. The number of aryl methyl sites for hydroxylation is 1. The Morgan fingerprint density at radius 3 is 2.80 bits per heavy atom. The zero-order chi connectivity index (χ0) is 17.2. The van der Waals surface area contributed by atoms with Gasteiger partial charge < -0.3 is 14.0 Å². The third-order valence-corrected chi connectivity index (χ3v) is 4.09. The number of benzene rings is 1. The van der Waals surface area contributed by atoms with Crippen molar-refractivity contribution in [1.82, 2.24) is 19.5 Å². The van der Waals surface area contributed by atoms with Gasteiger partial charge in [-0.1, -0.05) is 30.3 Å². The molecule has 7 nitrogen and oxygen atoms in total. The average molecular weight is 358 g/mol. The molecule has 0 amide bonds. The third-order valence-electron chi connectivity index (χ3n) is 3.92. The highest BCUT2D eigenvalue weighted by atomic mass is 35.5. The van der Waals surface area contributed by atoms with Gasteiger partial charge in [0.05, 0.1) is 12.9 Å². The van der Waals surface area contributed by atoms with Crippen LogP contribution in [0.1, 0.15) is 12.5 Å². The van der Waals surface area contributed by atoms with E-state index in [1.54, 1.807) is 12.6 Å². The Bertz CT molecular complexity index is 925. The van der Waals surface area contributed by atoms with E-state index in [2.05, 4.69) is 15.0 Å². The standard InChI is InChI=1S/C17H16ClN5O2/c1-2-22-10-19-14-15(22)20-17(18)21-16(14)23(13-9-24-11-25-13)8-12-6-4-3-5-7-12/h3-7,9-10H,2,8,11H2,1H3. The van der Waals surface area contributed by atoms with Crippen molar-refractivity contribution < 1.29 is 9.47 Å². The molecule has 0 atom stereocenters. The van der Waals surface area contributed by atoms with E-state index in [1.807, 2.05) is 46.7 Å². The number of imidazole rings is 1. The predicted octanol–water partition coefficient (Wildman–Crippen LogP) is 3.31. The number of halogens is 1. The van der Waals surface area contributed by atoms with Gasteiger partial charge in [0.25, 0.3) is 0 Å². The van der Waals surface area contributed by atoms with Gasteiger partial charge in [0, 0.05) is 6.54 Å². The van der Waals surface area contributed by atoms with Crippen LogP contribution in [0.4, 0.5) is 5.82 Å². The molecule has 0 fully saturated rings. The van der Waals surface area contributed by atoms with Gasteiger partial charge in [-0.25, -0.2) is 4.98 Å². The second-order valence-corrected chi connectivity index (χ2v) is 5.81. The molecule has 25 heavy (non-hydrogen) atoms. The van der Waals surface area contributed by atoms with Crippen molar-refractivity contribution in [3.8, 4) is 0 Å². The molecule has 0 spiro atoms. The Morgan fingerprint density at radius 2 is 2.08 bits per heavy atom. The Hall–Kier alpha value is -2.80. The maximum Gasteiger partial charge on any atom is 0.234 e. The Labute approximate surface area is 149 Å². The number of rotatable bonds is 5. The molecule has 8 heteroatoms. The number of nitrogens with zero attached hydrogens (tertiary/aromatic N) is 5. The van der Waals surface area contributed by atoms with Gasteiger partial charge in [-0.15, -0.1) is 0 Å². The zero-order valence-electron chi connectivity index (χ0n) is 13.6. The fourth-order valence-corrected chi connectivity index (χ4v) is 2.88. The van der Waals surface area contributed by atoms with Crippen molar-refractivity contribution in [2.75, 3.05) is 11.7 Å². The molecule has 3 heterocycles. The van der Waals surface area contributed by atoms with Crippen molar-refractivity contribution >= 4 is 28.6 Å². The molecular formula is C17H16ClN5O2. The molecule has 3 aromatic rings. The van der Waals surface area contributed by atoms with Gasteiger partial charge in [0.15, 0.2) is 17.0 Å². The summed E-state index contributed by atoms with van der Waals surface area (Å²) in [7, 11) is 0. The van der Waals surface area contributed by atoms with Crippen LogP contribution < -0.4 is 4.90 Å². The molecule has 1 aliphatic heterocycles. The molecule has 128 valence electrons. The first-order chi connectivity index (χ1) is 12.3. The summed E-state index contributed by atoms with van der Waals surface area (Å²) < 4.78 is 12.8. The first-order valence-electron chi connectivity index (χ1n) is 7.90. The summed E-state index contributed by atoms with van der Waals surface area (Å²) in [6, 6.07) is 10.0. The quantitative estimate of drug-likeness (QED) is 0.653. The van der Waals surface area contributed by atoms with Gasteiger partial charge in [0.1, 0.15) is 6.26 Å². The minimum absolute atomic E-state index is 0.162. The SMILES string of the molecule is CCn1cnc2c(N(Cc3ccccc3)C3=COCO3)nc(Cl)nc21. The summed E-state index contributed by atoms with van der Waals surface area (Å²) >= 11 is 6.18. The van der Waals surface area contributed by atoms with Crippen molar-refractivity contribution in [3.63, 3.8) is 0 Å². The molecule has 4 rings (SSSR count). The molecule has 0 unspecified atom stereocenters. The minimum atomic E-state index is 0.162. The normalized spacial score (nSPS) is 13.4. The highest BCUT2D eigenvalue weighted by Crippen LogP contribution is 2.30. The summed E-state index contributed by atoms with van der Waals surface area (Å²) in [6.45, 7) is 3.47. The lowest BCUT2D eigenvalue weighted by Gasteiger charge is -2.23. The van der Waals surface area contributed by atoms with Gasteiger partial charge in [-0.2, -0.15) is 9.97 Å². The van der Waals surface area contributed by atoms with E-state index in [-0.39, 0.29) is 12.1 Å². The predicted molar refractivity (Wildman–Crippen MR) is 93.8 cm³/mol. The van der Waals surface area contributed by atoms with Crippen molar-refractivity contribution in [2.24, 2.45) is 0 Å². The molecule has 0 radical (unpaired) electrons. The highest BCUT2D eigenvalue weighted by molar-refractivity contribution is 6.28. The van der Waals surface area contributed by atoms with Crippen LogP contribution in [0.5, 0.6) is 0 Å². The fourth-order valence-electron chi connectivity index (χ4n) is 2.72. The van der Waals surface area contributed by atoms with Crippen LogP contribution in [-0.2, 0) is 22.6 Å². The summed E-state index contributed by atoms with van der Waals surface area (Å²) in [5.74, 6) is 1.15. The van der Waals surface area contributed by atoms with Gasteiger partial charge >= 0.3 is 0 Å². The van der Waals surface area contributed by atoms with Crippen LogP contribution in [0.15, 0.2) is 48.8 Å². The lowest BCUT2D eigenvalue weighted by molar-refractivity contribution is 0.0782. The van der Waals surface area contributed by atoms with Crippen LogP contribution in [0.2, 0.25) is 5.28 Å². The van der Waals surface area contributed by atoms with Crippen molar-refractivity contribution in [3.05, 3.63) is 59.7 Å². The Kier molecular flexibility index (Phi) is 4.15. The second kappa shape index (κ2) is 6.60. The third kappa shape index (κ3) is 2.98. The maximum atomic E-state index is 6.18. The van der Waals surface area contributed by atoms with E-state index >= 15 is 0 Å². The minimum Gasteiger partial charge on any atom is -0.459 e. The van der Waals surface area contributed by atoms with Gasteiger partial charge in [0.2, 0.25) is 18.0 Å². The molecule has 0 saturated carbocycles. The van der Waals surface area contributed by atoms with Crippen LogP contribution >= 0.6 is 11.6 Å². The number of fused-ring (bicyclic) bond motifs is 1. The molecule has 1 aromatic carbocycles. The van der Waals surface area contributed by atoms with E-state index in [4.69, 9.17) is 21.1 Å². The van der Waals surface area contributed by atoms with Crippen LogP contribution in [0.3, 0.4) is 0 Å². The summed E-state index contributed by atoms with van der Waals surface area (Å²) in [4.78, 5) is 15.1. The molecule has 0 saturated heterocycles. The largest absolute Gasteiger partial charge is 0.459 e. The molecule has 1 aliphatic rings. The zero-order valence-corrected chi connectivity index (χ0v) is 14.3. The van der Waals surface area contributed by atoms with E-state index in [1.165, 1.54) is 0 Å². The van der Waals surface area contributed by atoms with Gasteiger partial charge in [-0.05, 0) is 24.1 Å². The van der Waals surface area contributed by atoms with Crippen molar-refractivity contribution in [1.29, 1.82) is 0 Å². The number of ether oxygens (including phenoxy) is 2. The monoisotopic (exact) mass is 357 g/mol. The van der Waals surface area contributed by atoms with E-state index in [0.717, 1.165) is 12.1 Å². The number of aromatic nitrogens is 4. The molecule has 0 N–H and O–H groups in total. The first kappa shape index (κ1) is 15.7. The van der Waals surface area contributed by atoms with Crippen molar-refractivity contribution in [2.45, 2.75) is 20.0 Å².